The number of nitrogens with one attached hydrogen (secondary N) is 1. The van der Waals surface area contributed by atoms with E-state index in [-0.39, 0.29) is 23.9 Å². The Morgan fingerprint density at radius 2 is 2.08 bits per heavy atom. The summed E-state index contributed by atoms with van der Waals surface area (Å²) in [7, 11) is 0. The number of carbonyl (C=O) groups is 1. The number of urea groups is 1. The molecule has 1 aromatic carbocycles. The van der Waals surface area contributed by atoms with E-state index in [0.717, 1.165) is 25.7 Å². The number of carbonyl (C=O) groups excluding carboxylic acids is 1. The fourth-order valence-electron chi connectivity index (χ4n) is 2.99. The number of aliphatic hydroxyl groups is 1. The summed E-state index contributed by atoms with van der Waals surface area (Å²) in [6, 6.07) is 3.97. The Balaban J connectivity index is 1.59. The van der Waals surface area contributed by atoms with Crippen LogP contribution in [0.5, 0.6) is 5.75 Å². The SMILES string of the molecule is CC(O)C1CCN(C(=O)Nc2ccc(F)cc2OCC2CC2)CC1. The first-order valence-corrected chi connectivity index (χ1v) is 8.69. The molecule has 3 rings (SSSR count). The van der Waals surface area contributed by atoms with Crippen LogP contribution in [0.15, 0.2) is 18.2 Å². The van der Waals surface area contributed by atoms with Gasteiger partial charge in [0, 0.05) is 19.2 Å². The van der Waals surface area contributed by atoms with E-state index in [1.165, 1.54) is 18.2 Å². The minimum atomic E-state index is -0.378. The lowest BCUT2D eigenvalue weighted by Gasteiger charge is -2.33. The summed E-state index contributed by atoms with van der Waals surface area (Å²) < 4.78 is 19.1. The number of likely N-dealkylation sites (tertiary alicyclic amines) is 1. The minimum absolute atomic E-state index is 0.207. The van der Waals surface area contributed by atoms with Gasteiger partial charge in [0.2, 0.25) is 0 Å². The molecule has 1 unspecified atom stereocenters. The summed E-state index contributed by atoms with van der Waals surface area (Å²) in [6.07, 6.45) is 3.54. The standard InChI is InChI=1S/C18H25FN2O3/c1-12(22)14-6-8-21(9-7-14)18(23)20-16-5-4-15(19)10-17(16)24-11-13-2-3-13/h4-5,10,12-14,22H,2-3,6-9,11H2,1H3,(H,20,23). The molecule has 0 radical (unpaired) electrons. The molecule has 1 aliphatic carbocycles. The fraction of sp³-hybridized carbons (Fsp3) is 0.611. The van der Waals surface area contributed by atoms with Crippen molar-refractivity contribution >= 4 is 11.7 Å². The Kier molecular flexibility index (Phi) is 5.23. The van der Waals surface area contributed by atoms with E-state index in [0.29, 0.717) is 37.1 Å². The van der Waals surface area contributed by atoms with Gasteiger partial charge >= 0.3 is 6.03 Å². The largest absolute Gasteiger partial charge is 0.491 e. The van der Waals surface area contributed by atoms with Crippen molar-refractivity contribution in [2.45, 2.75) is 38.7 Å². The maximum Gasteiger partial charge on any atom is 0.321 e. The Hall–Kier alpha value is -1.82. The third kappa shape index (κ3) is 4.38. The maximum absolute atomic E-state index is 13.5. The van der Waals surface area contributed by atoms with Crippen molar-refractivity contribution in [1.29, 1.82) is 0 Å². The number of amides is 2. The summed E-state index contributed by atoms with van der Waals surface area (Å²) in [4.78, 5) is 14.2. The number of piperidine rings is 1. The highest BCUT2D eigenvalue weighted by atomic mass is 19.1. The molecule has 24 heavy (non-hydrogen) atoms. The van der Waals surface area contributed by atoms with Crippen LogP contribution in [0.2, 0.25) is 0 Å². The molecule has 0 spiro atoms. The van der Waals surface area contributed by atoms with Gasteiger partial charge in [-0.2, -0.15) is 0 Å². The van der Waals surface area contributed by atoms with Crippen molar-refractivity contribution in [2.75, 3.05) is 25.0 Å². The Morgan fingerprint density at radius 1 is 1.38 bits per heavy atom. The smallest absolute Gasteiger partial charge is 0.321 e. The van der Waals surface area contributed by atoms with E-state index in [1.54, 1.807) is 11.8 Å². The van der Waals surface area contributed by atoms with Gasteiger partial charge in [0.25, 0.3) is 0 Å². The predicted octanol–water partition coefficient (Wildman–Crippen LogP) is 3.24. The molecular formula is C18H25FN2O3. The second kappa shape index (κ2) is 7.38. The molecule has 6 heteroatoms. The number of nitrogens with zero attached hydrogens (tertiary/aromatic N) is 1. The minimum Gasteiger partial charge on any atom is -0.491 e. The monoisotopic (exact) mass is 336 g/mol. The molecule has 1 aliphatic heterocycles. The van der Waals surface area contributed by atoms with E-state index in [4.69, 9.17) is 4.74 Å². The van der Waals surface area contributed by atoms with Gasteiger partial charge in [-0.3, -0.25) is 0 Å². The third-order valence-corrected chi connectivity index (χ3v) is 4.87. The summed E-state index contributed by atoms with van der Waals surface area (Å²) >= 11 is 0. The number of rotatable bonds is 5. The number of halogens is 1. The van der Waals surface area contributed by atoms with Crippen molar-refractivity contribution in [3.05, 3.63) is 24.0 Å². The highest BCUT2D eigenvalue weighted by Gasteiger charge is 2.26. The molecule has 5 nitrogen and oxygen atoms in total. The van der Waals surface area contributed by atoms with Gasteiger partial charge in [-0.05, 0) is 56.6 Å². The zero-order valence-corrected chi connectivity index (χ0v) is 14.0. The second-order valence-electron chi connectivity index (χ2n) is 6.89. The van der Waals surface area contributed by atoms with Crippen LogP contribution in [-0.4, -0.2) is 41.8 Å². The summed E-state index contributed by atoms with van der Waals surface area (Å²) in [5.74, 6) is 0.805. The Morgan fingerprint density at radius 3 is 2.71 bits per heavy atom. The van der Waals surface area contributed by atoms with Crippen LogP contribution >= 0.6 is 0 Å². The third-order valence-electron chi connectivity index (χ3n) is 4.87. The second-order valence-corrected chi connectivity index (χ2v) is 6.89. The van der Waals surface area contributed by atoms with Gasteiger partial charge in [-0.15, -0.1) is 0 Å². The molecule has 0 bridgehead atoms. The number of anilines is 1. The average Bonchev–Trinajstić information content (AvgIpc) is 3.39. The molecule has 1 saturated heterocycles. The lowest BCUT2D eigenvalue weighted by atomic mass is 9.92. The molecule has 1 heterocycles. The van der Waals surface area contributed by atoms with E-state index in [9.17, 15) is 14.3 Å². The van der Waals surface area contributed by atoms with Gasteiger partial charge < -0.3 is 20.1 Å². The average molecular weight is 336 g/mol. The highest BCUT2D eigenvalue weighted by molar-refractivity contribution is 5.91. The van der Waals surface area contributed by atoms with E-state index in [1.807, 2.05) is 0 Å². The molecule has 1 saturated carbocycles. The van der Waals surface area contributed by atoms with E-state index < -0.39 is 0 Å². The lowest BCUT2D eigenvalue weighted by Crippen LogP contribution is -2.42. The van der Waals surface area contributed by atoms with Crippen molar-refractivity contribution in [2.24, 2.45) is 11.8 Å². The summed E-state index contributed by atoms with van der Waals surface area (Å²) in [6.45, 7) is 3.58. The molecule has 2 fully saturated rings. The first kappa shape index (κ1) is 17.0. The van der Waals surface area contributed by atoms with Crippen LogP contribution in [0.4, 0.5) is 14.9 Å². The van der Waals surface area contributed by atoms with Crippen LogP contribution in [0.25, 0.3) is 0 Å². The fourth-order valence-corrected chi connectivity index (χ4v) is 2.99. The molecule has 2 aliphatic rings. The molecule has 132 valence electrons. The zero-order valence-electron chi connectivity index (χ0n) is 14.0. The van der Waals surface area contributed by atoms with Gasteiger partial charge in [0.05, 0.1) is 18.4 Å². The quantitative estimate of drug-likeness (QED) is 0.868. The predicted molar refractivity (Wildman–Crippen MR) is 89.6 cm³/mol. The summed E-state index contributed by atoms with van der Waals surface area (Å²) in [5.41, 5.74) is 0.500. The normalized spacial score (nSPS) is 19.9. The number of hydrogen-bond acceptors (Lipinski definition) is 3. The van der Waals surface area contributed by atoms with Crippen LogP contribution in [0.1, 0.15) is 32.6 Å². The Labute approximate surface area is 141 Å². The summed E-state index contributed by atoms with van der Waals surface area (Å²) in [5, 5.41) is 12.5. The maximum atomic E-state index is 13.5. The van der Waals surface area contributed by atoms with Crippen LogP contribution < -0.4 is 10.1 Å². The molecule has 1 aromatic rings. The van der Waals surface area contributed by atoms with Gasteiger partial charge in [0.15, 0.2) is 0 Å². The number of benzene rings is 1. The Bertz CT molecular complexity index is 582. The van der Waals surface area contributed by atoms with Gasteiger partial charge in [-0.1, -0.05) is 0 Å². The topological polar surface area (TPSA) is 61.8 Å². The van der Waals surface area contributed by atoms with Crippen molar-refractivity contribution in [3.63, 3.8) is 0 Å². The number of hydrogen-bond donors (Lipinski definition) is 2. The van der Waals surface area contributed by atoms with Crippen LogP contribution in [0, 0.1) is 17.7 Å². The molecule has 0 aromatic heterocycles. The molecular weight excluding hydrogens is 311 g/mol. The van der Waals surface area contributed by atoms with Gasteiger partial charge in [-0.25, -0.2) is 9.18 Å². The first-order valence-electron chi connectivity index (χ1n) is 8.69. The van der Waals surface area contributed by atoms with Crippen molar-refractivity contribution in [3.8, 4) is 5.75 Å². The van der Waals surface area contributed by atoms with E-state index in [2.05, 4.69) is 5.32 Å². The van der Waals surface area contributed by atoms with E-state index >= 15 is 0 Å². The lowest BCUT2D eigenvalue weighted by molar-refractivity contribution is 0.0820. The van der Waals surface area contributed by atoms with Gasteiger partial charge in [0.1, 0.15) is 11.6 Å². The highest BCUT2D eigenvalue weighted by Crippen LogP contribution is 2.32. The van der Waals surface area contributed by atoms with Crippen LogP contribution in [-0.2, 0) is 0 Å². The zero-order chi connectivity index (χ0) is 17.1. The number of ether oxygens (including phenoxy) is 1. The number of aliphatic hydroxyl groups excluding tert-OH is 1. The molecule has 2 amide bonds. The first-order chi connectivity index (χ1) is 11.5. The van der Waals surface area contributed by atoms with Crippen molar-refractivity contribution < 1.29 is 19.0 Å². The van der Waals surface area contributed by atoms with Crippen molar-refractivity contribution in [1.82, 2.24) is 4.90 Å². The molecule has 2 N–H and O–H groups in total. The molecule has 1 atom stereocenters. The van der Waals surface area contributed by atoms with Crippen LogP contribution in [0.3, 0.4) is 0 Å².